The Morgan fingerprint density at radius 2 is 1.09 bits per heavy atom. The van der Waals surface area contributed by atoms with Crippen molar-refractivity contribution < 1.29 is 8.85 Å². The lowest BCUT2D eigenvalue weighted by atomic mass is 10.5. The van der Waals surface area contributed by atoms with Crippen molar-refractivity contribution in [2.24, 2.45) is 10.2 Å². The van der Waals surface area contributed by atoms with E-state index in [2.05, 4.69) is 10.2 Å². The molecule has 1 rings (SSSR count). The zero-order valence-corrected chi connectivity index (χ0v) is 16.1. The highest BCUT2D eigenvalue weighted by molar-refractivity contribution is 6.73. The molecule has 0 saturated carbocycles. The van der Waals surface area contributed by atoms with E-state index in [1.807, 2.05) is 66.2 Å². The van der Waals surface area contributed by atoms with E-state index in [1.165, 1.54) is 0 Å². The van der Waals surface area contributed by atoms with Crippen LogP contribution in [0.15, 0.2) is 10.2 Å². The van der Waals surface area contributed by atoms with Gasteiger partial charge in [-0.25, -0.2) is 0 Å². The Labute approximate surface area is 135 Å². The van der Waals surface area contributed by atoms with Gasteiger partial charge in [-0.3, -0.25) is 10.0 Å². The molecule has 0 aliphatic carbocycles. The molecule has 22 heavy (non-hydrogen) atoms. The molecule has 1 fully saturated rings. The van der Waals surface area contributed by atoms with Gasteiger partial charge in [0, 0.05) is 68.5 Å². The highest BCUT2D eigenvalue weighted by atomic mass is 28.4. The Morgan fingerprint density at radius 1 is 0.727 bits per heavy atom. The van der Waals surface area contributed by atoms with Crippen molar-refractivity contribution in [3.8, 4) is 0 Å². The van der Waals surface area contributed by atoms with Gasteiger partial charge in [0.25, 0.3) is 12.0 Å². The molecular formula is C13H30N6O2Si. The summed E-state index contributed by atoms with van der Waals surface area (Å²) in [5.41, 5.74) is 0. The van der Waals surface area contributed by atoms with E-state index < -0.39 is 8.56 Å². The number of hydrazone groups is 2. The molecule has 0 spiro atoms. The van der Waals surface area contributed by atoms with E-state index in [4.69, 9.17) is 8.85 Å². The van der Waals surface area contributed by atoms with Gasteiger partial charge in [-0.1, -0.05) is 0 Å². The van der Waals surface area contributed by atoms with Crippen LogP contribution in [0.25, 0.3) is 0 Å². The molecule has 0 unspecified atom stereocenters. The van der Waals surface area contributed by atoms with Gasteiger partial charge in [-0.15, -0.1) is 10.2 Å². The molecule has 128 valence electrons. The average Bonchev–Trinajstić information content (AvgIpc) is 2.32. The van der Waals surface area contributed by atoms with Crippen molar-refractivity contribution in [3.63, 3.8) is 0 Å². The van der Waals surface area contributed by atoms with Crippen molar-refractivity contribution in [1.29, 1.82) is 0 Å². The fourth-order valence-electron chi connectivity index (χ4n) is 1.77. The van der Waals surface area contributed by atoms with Crippen LogP contribution in [0.2, 0.25) is 12.1 Å². The largest absolute Gasteiger partial charge is 0.483 e. The molecule has 0 amide bonds. The van der Waals surface area contributed by atoms with Crippen molar-refractivity contribution in [2.45, 2.75) is 18.5 Å². The maximum atomic E-state index is 6.23. The zero-order chi connectivity index (χ0) is 16.9. The first-order chi connectivity index (χ1) is 10.1. The van der Waals surface area contributed by atoms with Gasteiger partial charge in [-0.2, -0.15) is 0 Å². The fourth-order valence-corrected chi connectivity index (χ4v) is 4.26. The van der Waals surface area contributed by atoms with E-state index >= 15 is 0 Å². The third-order valence-corrected chi connectivity index (χ3v) is 6.35. The Morgan fingerprint density at radius 3 is 1.27 bits per heavy atom. The van der Waals surface area contributed by atoms with Crippen LogP contribution in [0.3, 0.4) is 0 Å². The summed E-state index contributed by atoms with van der Waals surface area (Å²) < 4.78 is 12.5. The summed E-state index contributed by atoms with van der Waals surface area (Å²) in [5, 5.41) is 12.3. The van der Waals surface area contributed by atoms with Crippen molar-refractivity contribution in [2.75, 3.05) is 56.4 Å². The van der Waals surface area contributed by atoms with Gasteiger partial charge >= 0.3 is 8.56 Å². The summed E-state index contributed by atoms with van der Waals surface area (Å²) >= 11 is 0. The van der Waals surface area contributed by atoms with Crippen molar-refractivity contribution in [1.82, 2.24) is 19.8 Å². The third kappa shape index (κ3) is 5.28. The molecule has 1 aliphatic heterocycles. The van der Waals surface area contributed by atoms with Gasteiger partial charge in [0.05, 0.1) is 0 Å². The van der Waals surface area contributed by atoms with Gasteiger partial charge in [0.2, 0.25) is 0 Å². The average molecular weight is 331 g/mol. The first-order valence-corrected chi connectivity index (χ1v) is 9.63. The van der Waals surface area contributed by atoms with Gasteiger partial charge in [0.15, 0.2) is 0 Å². The second-order valence-corrected chi connectivity index (χ2v) is 9.45. The maximum absolute atomic E-state index is 6.23. The smallest absolute Gasteiger partial charge is 0.464 e. The maximum Gasteiger partial charge on any atom is 0.464 e. The molecule has 0 aromatic rings. The van der Waals surface area contributed by atoms with Gasteiger partial charge in [0.1, 0.15) is 0 Å². The van der Waals surface area contributed by atoms with E-state index in [1.54, 1.807) is 10.0 Å². The minimum atomic E-state index is -2.33. The topological polar surface area (TPSA) is 56.1 Å². The van der Waals surface area contributed by atoms with Crippen LogP contribution >= 0.6 is 0 Å². The minimum absolute atomic E-state index is 0.583. The molecule has 0 aromatic heterocycles. The first kappa shape index (κ1) is 18.4. The minimum Gasteiger partial charge on any atom is -0.483 e. The van der Waals surface area contributed by atoms with Crippen molar-refractivity contribution >= 4 is 20.6 Å². The van der Waals surface area contributed by atoms with Crippen LogP contribution in [0.1, 0.15) is 6.42 Å². The molecule has 0 bridgehead atoms. The zero-order valence-electron chi connectivity index (χ0n) is 15.1. The molecule has 1 aliphatic rings. The number of rotatable bonds is 4. The number of nitrogens with zero attached hydrogens (tertiary/aromatic N) is 6. The second-order valence-electron chi connectivity index (χ2n) is 6.22. The second kappa shape index (κ2) is 7.57. The van der Waals surface area contributed by atoms with Crippen LogP contribution in [0.4, 0.5) is 0 Å². The summed E-state index contributed by atoms with van der Waals surface area (Å²) in [6, 6.07) is 3.07. The molecule has 0 N–H and O–H groups in total. The van der Waals surface area contributed by atoms with Crippen LogP contribution < -0.4 is 0 Å². The summed E-state index contributed by atoms with van der Waals surface area (Å²) in [7, 11) is 12.9. The molecule has 9 heteroatoms. The molecule has 0 atom stereocenters. The Bertz CT molecular complexity index is 385. The fraction of sp³-hybridized carbons (Fsp3) is 0.846. The summed E-state index contributed by atoms with van der Waals surface area (Å²) in [6.07, 6.45) is 1.12. The highest BCUT2D eigenvalue weighted by Gasteiger charge is 2.51. The number of hydrogen-bond acceptors (Lipinski definition) is 6. The number of hydrogen-bond donors (Lipinski definition) is 0. The quantitative estimate of drug-likeness (QED) is 0.327. The first-order valence-electron chi connectivity index (χ1n) is 7.40. The van der Waals surface area contributed by atoms with Crippen LogP contribution in [0, 0.1) is 0 Å². The molecular weight excluding hydrogens is 300 g/mol. The van der Waals surface area contributed by atoms with Gasteiger partial charge in [-0.05, 0) is 6.42 Å². The number of amidine groups is 2. The molecule has 0 aromatic carbocycles. The normalized spacial score (nSPS) is 17.5. The lowest BCUT2D eigenvalue weighted by molar-refractivity contribution is 0.263. The van der Waals surface area contributed by atoms with Crippen molar-refractivity contribution in [3.05, 3.63) is 0 Å². The van der Waals surface area contributed by atoms with Crippen LogP contribution in [-0.2, 0) is 8.85 Å². The van der Waals surface area contributed by atoms with Crippen LogP contribution in [-0.4, -0.2) is 96.8 Å². The van der Waals surface area contributed by atoms with E-state index in [-0.39, 0.29) is 0 Å². The lowest BCUT2D eigenvalue weighted by Crippen LogP contribution is -2.54. The summed E-state index contributed by atoms with van der Waals surface area (Å²) in [4.78, 5) is 3.74. The molecule has 8 nitrogen and oxygen atoms in total. The van der Waals surface area contributed by atoms with Crippen LogP contribution in [0.5, 0.6) is 0 Å². The Hall–Kier alpha value is -1.64. The molecule has 1 heterocycles. The highest BCUT2D eigenvalue weighted by Crippen LogP contribution is 2.35. The predicted octanol–water partition coefficient (Wildman–Crippen LogP) is 0.654. The van der Waals surface area contributed by atoms with E-state index in [9.17, 15) is 0 Å². The Kier molecular flexibility index (Phi) is 6.33. The monoisotopic (exact) mass is 330 g/mol. The lowest BCUT2D eigenvalue weighted by Gasteiger charge is -2.40. The predicted molar refractivity (Wildman–Crippen MR) is 91.8 cm³/mol. The third-order valence-electron chi connectivity index (χ3n) is 3.01. The van der Waals surface area contributed by atoms with Gasteiger partial charge < -0.3 is 18.7 Å². The summed E-state index contributed by atoms with van der Waals surface area (Å²) in [5.74, 6) is 0. The standard InChI is InChI=1S/C13H30N6O2Si/c1-16(2)12(14-18(5)6)20-22(10-9-11-22)21-13(17(3)4)15-19(7)8/h9-11H2,1-8H3/b14-12+,15-13+. The molecule has 0 radical (unpaired) electrons. The SMILES string of the molecule is CN(C)/N=C(/O[Si]1(O/C(=N/N(C)C)N(C)C)CCC1)N(C)C. The summed E-state index contributed by atoms with van der Waals surface area (Å²) in [6.45, 7) is 0. The molecule has 1 saturated heterocycles. The van der Waals surface area contributed by atoms with E-state index in [0.717, 1.165) is 18.5 Å². The Balaban J connectivity index is 2.92. The van der Waals surface area contributed by atoms with E-state index in [0.29, 0.717) is 12.0 Å².